The zero-order valence-corrected chi connectivity index (χ0v) is 9.73. The highest BCUT2D eigenvalue weighted by atomic mass is 16.5. The van der Waals surface area contributed by atoms with E-state index in [1.807, 2.05) is 26.0 Å². The molecule has 0 aliphatic heterocycles. The molecule has 0 amide bonds. The first kappa shape index (κ1) is 11.3. The summed E-state index contributed by atoms with van der Waals surface area (Å²) in [7, 11) is 0. The lowest BCUT2D eigenvalue weighted by Gasteiger charge is -2.04. The summed E-state index contributed by atoms with van der Waals surface area (Å²) in [6, 6.07) is 5.55. The Kier molecular flexibility index (Phi) is 2.91. The summed E-state index contributed by atoms with van der Waals surface area (Å²) >= 11 is 0. The Balaban J connectivity index is 2.26. The van der Waals surface area contributed by atoms with Crippen LogP contribution in [0.3, 0.4) is 0 Å². The van der Waals surface area contributed by atoms with Crippen LogP contribution >= 0.6 is 0 Å². The van der Waals surface area contributed by atoms with Gasteiger partial charge in [-0.2, -0.15) is 0 Å². The van der Waals surface area contributed by atoms with Crippen LogP contribution in [0.1, 0.15) is 11.3 Å². The van der Waals surface area contributed by atoms with Gasteiger partial charge in [-0.1, -0.05) is 5.16 Å². The van der Waals surface area contributed by atoms with Crippen LogP contribution in [0, 0.1) is 13.8 Å². The number of oxime groups is 1. The maximum Gasteiger partial charge on any atom is 0.177 e. The van der Waals surface area contributed by atoms with E-state index in [-0.39, 0.29) is 12.4 Å². The van der Waals surface area contributed by atoms with E-state index in [4.69, 9.17) is 20.1 Å². The molecule has 2 rings (SSSR count). The van der Waals surface area contributed by atoms with Crippen molar-refractivity contribution in [3.05, 3.63) is 29.5 Å². The molecule has 5 heteroatoms. The Morgan fingerprint density at radius 3 is 2.94 bits per heavy atom. The van der Waals surface area contributed by atoms with Gasteiger partial charge in [0, 0.05) is 11.5 Å². The summed E-state index contributed by atoms with van der Waals surface area (Å²) in [5.74, 6) is 1.54. The van der Waals surface area contributed by atoms with E-state index in [0.717, 1.165) is 22.3 Å². The highest BCUT2D eigenvalue weighted by molar-refractivity contribution is 5.84. The molecule has 0 bridgehead atoms. The summed E-state index contributed by atoms with van der Waals surface area (Å²) in [4.78, 5) is 0. The van der Waals surface area contributed by atoms with Crippen molar-refractivity contribution in [2.24, 2.45) is 10.9 Å². The van der Waals surface area contributed by atoms with E-state index in [9.17, 15) is 0 Å². The summed E-state index contributed by atoms with van der Waals surface area (Å²) in [6.07, 6.45) is 0. The Morgan fingerprint density at radius 2 is 2.24 bits per heavy atom. The molecule has 0 saturated heterocycles. The average Bonchev–Trinajstić information content (AvgIpc) is 2.62. The second kappa shape index (κ2) is 4.37. The zero-order chi connectivity index (χ0) is 12.4. The number of fused-ring (bicyclic) bond motifs is 1. The van der Waals surface area contributed by atoms with E-state index in [1.54, 1.807) is 6.07 Å². The van der Waals surface area contributed by atoms with Crippen LogP contribution in [0.2, 0.25) is 0 Å². The van der Waals surface area contributed by atoms with Crippen molar-refractivity contribution in [2.75, 3.05) is 6.61 Å². The van der Waals surface area contributed by atoms with Crippen molar-refractivity contribution in [1.82, 2.24) is 0 Å². The van der Waals surface area contributed by atoms with Gasteiger partial charge in [0.15, 0.2) is 5.84 Å². The smallest absolute Gasteiger partial charge is 0.177 e. The Hall–Kier alpha value is -2.17. The molecule has 3 N–H and O–H groups in total. The normalized spacial score (nSPS) is 12.0. The minimum atomic E-state index is 0.0249. The molecule has 0 aliphatic rings. The molecule has 5 nitrogen and oxygen atoms in total. The van der Waals surface area contributed by atoms with Gasteiger partial charge in [-0.3, -0.25) is 0 Å². The molecule has 0 radical (unpaired) electrons. The highest BCUT2D eigenvalue weighted by Crippen LogP contribution is 2.27. The van der Waals surface area contributed by atoms with Crippen LogP contribution in [-0.2, 0) is 0 Å². The quantitative estimate of drug-likeness (QED) is 0.369. The van der Waals surface area contributed by atoms with Crippen molar-refractivity contribution in [3.63, 3.8) is 0 Å². The zero-order valence-electron chi connectivity index (χ0n) is 9.73. The van der Waals surface area contributed by atoms with Crippen LogP contribution in [-0.4, -0.2) is 17.6 Å². The SMILES string of the molecule is Cc1oc2cc(OC/C(N)=N\O)ccc2c1C. The first-order valence-electron chi connectivity index (χ1n) is 5.20. The minimum Gasteiger partial charge on any atom is -0.485 e. The summed E-state index contributed by atoms with van der Waals surface area (Å²) in [5.41, 5.74) is 7.22. The van der Waals surface area contributed by atoms with Gasteiger partial charge >= 0.3 is 0 Å². The Labute approximate surface area is 98.5 Å². The van der Waals surface area contributed by atoms with Gasteiger partial charge in [0.1, 0.15) is 23.7 Å². The van der Waals surface area contributed by atoms with Crippen LogP contribution in [0.15, 0.2) is 27.8 Å². The molecule has 2 aromatic rings. The first-order valence-corrected chi connectivity index (χ1v) is 5.20. The molecular weight excluding hydrogens is 220 g/mol. The average molecular weight is 234 g/mol. The van der Waals surface area contributed by atoms with Gasteiger partial charge in [-0.05, 0) is 31.5 Å². The van der Waals surface area contributed by atoms with Gasteiger partial charge < -0.3 is 20.1 Å². The number of rotatable bonds is 3. The van der Waals surface area contributed by atoms with E-state index in [2.05, 4.69) is 5.16 Å². The number of aryl methyl sites for hydroxylation is 2. The Bertz CT molecular complexity index is 572. The second-order valence-electron chi connectivity index (χ2n) is 3.82. The number of furan rings is 1. The number of nitrogens with two attached hydrogens (primary N) is 1. The largest absolute Gasteiger partial charge is 0.485 e. The van der Waals surface area contributed by atoms with E-state index in [1.165, 1.54) is 0 Å². The number of hydrogen-bond donors (Lipinski definition) is 2. The minimum absolute atomic E-state index is 0.0249. The molecule has 1 aromatic heterocycles. The van der Waals surface area contributed by atoms with Gasteiger partial charge in [-0.15, -0.1) is 0 Å². The van der Waals surface area contributed by atoms with Crippen molar-refractivity contribution in [1.29, 1.82) is 0 Å². The summed E-state index contributed by atoms with van der Waals surface area (Å²) in [6.45, 7) is 3.98. The predicted molar refractivity (Wildman–Crippen MR) is 64.6 cm³/mol. The second-order valence-corrected chi connectivity index (χ2v) is 3.82. The number of hydrogen-bond acceptors (Lipinski definition) is 4. The molecule has 90 valence electrons. The Morgan fingerprint density at radius 1 is 1.47 bits per heavy atom. The number of amidine groups is 1. The van der Waals surface area contributed by atoms with E-state index < -0.39 is 0 Å². The van der Waals surface area contributed by atoms with Gasteiger partial charge in [-0.25, -0.2) is 0 Å². The first-order chi connectivity index (χ1) is 8.11. The third-order valence-electron chi connectivity index (χ3n) is 2.66. The fraction of sp³-hybridized carbons (Fsp3) is 0.250. The van der Waals surface area contributed by atoms with Gasteiger partial charge in [0.2, 0.25) is 0 Å². The van der Waals surface area contributed by atoms with E-state index >= 15 is 0 Å². The predicted octanol–water partition coefficient (Wildman–Crippen LogP) is 2.17. The molecule has 0 unspecified atom stereocenters. The summed E-state index contributed by atoms with van der Waals surface area (Å²) in [5, 5.41) is 12.3. The van der Waals surface area contributed by atoms with Crippen LogP contribution < -0.4 is 10.5 Å². The van der Waals surface area contributed by atoms with Crippen LogP contribution in [0.25, 0.3) is 11.0 Å². The molecule has 0 atom stereocenters. The summed E-state index contributed by atoms with van der Waals surface area (Å²) < 4.78 is 10.9. The standard InChI is InChI=1S/C12H14N2O3/c1-7-8(2)17-11-5-9(3-4-10(7)11)16-6-12(13)14-15/h3-5,15H,6H2,1-2H3,(H2,13,14). The number of ether oxygens (including phenoxy) is 1. The van der Waals surface area contributed by atoms with Crippen molar-refractivity contribution < 1.29 is 14.4 Å². The third-order valence-corrected chi connectivity index (χ3v) is 2.66. The molecular formula is C12H14N2O3. The van der Waals surface area contributed by atoms with E-state index in [0.29, 0.717) is 5.75 Å². The topological polar surface area (TPSA) is 81.0 Å². The lowest BCUT2D eigenvalue weighted by atomic mass is 10.1. The fourth-order valence-corrected chi connectivity index (χ4v) is 1.60. The van der Waals surface area contributed by atoms with Crippen LogP contribution in [0.5, 0.6) is 5.75 Å². The van der Waals surface area contributed by atoms with Gasteiger partial charge in [0.05, 0.1) is 0 Å². The molecule has 1 aromatic carbocycles. The molecule has 0 aliphatic carbocycles. The van der Waals surface area contributed by atoms with Crippen molar-refractivity contribution in [3.8, 4) is 5.75 Å². The van der Waals surface area contributed by atoms with Crippen LogP contribution in [0.4, 0.5) is 0 Å². The third kappa shape index (κ3) is 2.18. The van der Waals surface area contributed by atoms with Gasteiger partial charge in [0.25, 0.3) is 0 Å². The lowest BCUT2D eigenvalue weighted by molar-refractivity contribution is 0.306. The maximum absolute atomic E-state index is 8.39. The molecule has 1 heterocycles. The van der Waals surface area contributed by atoms with Crippen molar-refractivity contribution in [2.45, 2.75) is 13.8 Å². The molecule has 0 fully saturated rings. The fourth-order valence-electron chi connectivity index (χ4n) is 1.60. The molecule has 0 spiro atoms. The molecule has 17 heavy (non-hydrogen) atoms. The monoisotopic (exact) mass is 234 g/mol. The molecule has 0 saturated carbocycles. The highest BCUT2D eigenvalue weighted by Gasteiger charge is 2.07. The number of benzene rings is 1. The maximum atomic E-state index is 8.39. The lowest BCUT2D eigenvalue weighted by Crippen LogP contribution is -2.20. The number of nitrogens with zero attached hydrogens (tertiary/aromatic N) is 1. The van der Waals surface area contributed by atoms with Crippen molar-refractivity contribution >= 4 is 16.8 Å².